The van der Waals surface area contributed by atoms with Crippen LogP contribution in [0.2, 0.25) is 0 Å². The molecule has 0 radical (unpaired) electrons. The molecule has 0 bridgehead atoms. The van der Waals surface area contributed by atoms with Gasteiger partial charge in [-0.15, -0.1) is 0 Å². The number of carbonyl (C=O) groups is 2. The molecule has 1 heterocycles. The number of nitrogen functional groups attached to an aromatic ring is 1. The fourth-order valence-corrected chi connectivity index (χ4v) is 3.76. The Kier molecular flexibility index (Phi) is 4.88. The Labute approximate surface area is 167 Å². The first kappa shape index (κ1) is 18.9. The van der Waals surface area contributed by atoms with E-state index in [1.165, 1.54) is 4.57 Å². The van der Waals surface area contributed by atoms with Gasteiger partial charge in [-0.25, -0.2) is 4.98 Å². The van der Waals surface area contributed by atoms with Crippen LogP contribution >= 0.6 is 0 Å². The monoisotopic (exact) mass is 391 g/mol. The molecule has 1 aliphatic rings. The lowest BCUT2D eigenvalue weighted by atomic mass is 9.92. The Morgan fingerprint density at radius 3 is 2.66 bits per heavy atom. The number of aromatic nitrogens is 2. The number of Topliss-reactive ketones (excluding diaryl/α,β-unsaturated/α-hetero) is 2. The highest BCUT2D eigenvalue weighted by atomic mass is 16.5. The maximum absolute atomic E-state index is 13.2. The summed E-state index contributed by atoms with van der Waals surface area (Å²) in [5.41, 5.74) is 7.47. The molecule has 3 aromatic rings. The van der Waals surface area contributed by atoms with E-state index in [-0.39, 0.29) is 41.0 Å². The second kappa shape index (κ2) is 7.50. The van der Waals surface area contributed by atoms with Gasteiger partial charge in [0.2, 0.25) is 0 Å². The van der Waals surface area contributed by atoms with Crippen molar-refractivity contribution in [3.8, 4) is 5.75 Å². The van der Waals surface area contributed by atoms with E-state index in [1.54, 1.807) is 19.1 Å². The number of anilines is 1. The molecule has 7 nitrogen and oxygen atoms in total. The van der Waals surface area contributed by atoms with E-state index < -0.39 is 6.04 Å². The first-order chi connectivity index (χ1) is 13.9. The van der Waals surface area contributed by atoms with Crippen molar-refractivity contribution in [1.82, 2.24) is 9.55 Å². The summed E-state index contributed by atoms with van der Waals surface area (Å²) >= 11 is 0. The summed E-state index contributed by atoms with van der Waals surface area (Å²) < 4.78 is 7.19. The minimum absolute atomic E-state index is 0.0922. The summed E-state index contributed by atoms with van der Waals surface area (Å²) in [7, 11) is 0. The number of nitrogens with two attached hydrogens (primary N) is 1. The zero-order valence-electron chi connectivity index (χ0n) is 16.1. The molecule has 1 atom stereocenters. The highest BCUT2D eigenvalue weighted by Crippen LogP contribution is 2.28. The molecule has 1 unspecified atom stereocenters. The van der Waals surface area contributed by atoms with Crippen LogP contribution in [0.1, 0.15) is 36.7 Å². The topological polar surface area (TPSA) is 104 Å². The predicted molar refractivity (Wildman–Crippen MR) is 109 cm³/mol. The maximum atomic E-state index is 13.2. The van der Waals surface area contributed by atoms with Gasteiger partial charge in [-0.05, 0) is 18.9 Å². The summed E-state index contributed by atoms with van der Waals surface area (Å²) in [5.74, 6) is 0.580. The zero-order chi connectivity index (χ0) is 20.5. The number of hydrogen-bond acceptors (Lipinski definition) is 6. The van der Waals surface area contributed by atoms with Gasteiger partial charge in [0.1, 0.15) is 24.0 Å². The Balaban J connectivity index is 1.71. The molecule has 4 rings (SSSR count). The number of rotatable bonds is 4. The Morgan fingerprint density at radius 1 is 1.17 bits per heavy atom. The van der Waals surface area contributed by atoms with E-state index in [1.807, 2.05) is 30.3 Å². The maximum Gasteiger partial charge on any atom is 0.264 e. The number of ketones is 2. The van der Waals surface area contributed by atoms with Crippen LogP contribution < -0.4 is 16.0 Å². The lowest BCUT2D eigenvalue weighted by Gasteiger charge is -2.24. The van der Waals surface area contributed by atoms with Gasteiger partial charge < -0.3 is 10.5 Å². The van der Waals surface area contributed by atoms with Crippen molar-refractivity contribution >= 4 is 28.2 Å². The Morgan fingerprint density at radius 2 is 1.93 bits per heavy atom. The second-order valence-electron chi connectivity index (χ2n) is 7.25. The van der Waals surface area contributed by atoms with Crippen molar-refractivity contribution in [3.05, 3.63) is 64.2 Å². The van der Waals surface area contributed by atoms with Crippen molar-refractivity contribution < 1.29 is 14.3 Å². The molecule has 1 fully saturated rings. The summed E-state index contributed by atoms with van der Waals surface area (Å²) in [6.45, 7) is 2.05. The van der Waals surface area contributed by atoms with Gasteiger partial charge >= 0.3 is 0 Å². The zero-order valence-corrected chi connectivity index (χ0v) is 16.1. The lowest BCUT2D eigenvalue weighted by molar-refractivity contribution is -0.132. The van der Waals surface area contributed by atoms with Crippen molar-refractivity contribution in [2.24, 2.45) is 0 Å². The quantitative estimate of drug-likeness (QED) is 0.542. The fraction of sp³-hybridized carbons (Fsp3) is 0.273. The molecule has 0 spiro atoms. The molecule has 1 saturated carbocycles. The largest absolute Gasteiger partial charge is 0.489 e. The molecule has 0 aliphatic heterocycles. The first-order valence-electron chi connectivity index (χ1n) is 9.47. The number of aryl methyl sites for hydroxylation is 1. The summed E-state index contributed by atoms with van der Waals surface area (Å²) in [6.07, 6.45) is 0.447. The third-order valence-electron chi connectivity index (χ3n) is 5.18. The summed E-state index contributed by atoms with van der Waals surface area (Å²) in [4.78, 5) is 41.5. The summed E-state index contributed by atoms with van der Waals surface area (Å²) in [5, 5.41) is 0.257. The van der Waals surface area contributed by atoms with Gasteiger partial charge in [-0.2, -0.15) is 0 Å². The van der Waals surface area contributed by atoms with E-state index in [2.05, 4.69) is 4.98 Å². The molecule has 148 valence electrons. The number of benzene rings is 2. The molecule has 0 saturated heterocycles. The van der Waals surface area contributed by atoms with Crippen LogP contribution in [0.5, 0.6) is 5.75 Å². The Hall–Kier alpha value is -3.48. The summed E-state index contributed by atoms with van der Waals surface area (Å²) in [6, 6.07) is 12.3. The van der Waals surface area contributed by atoms with Crippen molar-refractivity contribution in [2.45, 2.75) is 38.8 Å². The van der Waals surface area contributed by atoms with Crippen LogP contribution in [0.25, 0.3) is 10.9 Å². The van der Waals surface area contributed by atoms with E-state index in [9.17, 15) is 14.4 Å². The normalized spacial score (nSPS) is 16.9. The lowest BCUT2D eigenvalue weighted by Crippen LogP contribution is -2.36. The molecular weight excluding hydrogens is 370 g/mol. The van der Waals surface area contributed by atoms with E-state index in [0.717, 1.165) is 5.56 Å². The van der Waals surface area contributed by atoms with Gasteiger partial charge in [-0.1, -0.05) is 30.3 Å². The van der Waals surface area contributed by atoms with Crippen LogP contribution in [0, 0.1) is 6.92 Å². The van der Waals surface area contributed by atoms with Gasteiger partial charge in [-0.3, -0.25) is 19.0 Å². The van der Waals surface area contributed by atoms with Gasteiger partial charge in [0.15, 0.2) is 5.78 Å². The average molecular weight is 391 g/mol. The molecular formula is C22H21N3O4. The van der Waals surface area contributed by atoms with Crippen LogP contribution in [-0.2, 0) is 16.2 Å². The first-order valence-corrected chi connectivity index (χ1v) is 9.47. The second-order valence-corrected chi connectivity index (χ2v) is 7.25. The van der Waals surface area contributed by atoms with Gasteiger partial charge in [0.25, 0.3) is 5.56 Å². The molecule has 2 N–H and O–H groups in total. The molecule has 1 aromatic heterocycles. The highest BCUT2D eigenvalue weighted by molar-refractivity contribution is 6.03. The molecule has 7 heteroatoms. The van der Waals surface area contributed by atoms with Crippen LogP contribution in [0.4, 0.5) is 5.69 Å². The molecule has 0 amide bonds. The van der Waals surface area contributed by atoms with Crippen LogP contribution in [0.3, 0.4) is 0 Å². The predicted octanol–water partition coefficient (Wildman–Crippen LogP) is 2.73. The number of carbonyl (C=O) groups excluding carboxylic acids is 2. The van der Waals surface area contributed by atoms with Crippen LogP contribution in [-0.4, -0.2) is 21.1 Å². The Bertz CT molecular complexity index is 1170. The average Bonchev–Trinajstić information content (AvgIpc) is 2.68. The smallest absolute Gasteiger partial charge is 0.264 e. The highest BCUT2D eigenvalue weighted by Gasteiger charge is 2.31. The molecule has 29 heavy (non-hydrogen) atoms. The minimum Gasteiger partial charge on any atom is -0.489 e. The number of nitrogens with zero attached hydrogens (tertiary/aromatic N) is 2. The van der Waals surface area contributed by atoms with E-state index in [4.69, 9.17) is 10.5 Å². The fourth-order valence-electron chi connectivity index (χ4n) is 3.76. The van der Waals surface area contributed by atoms with Crippen molar-refractivity contribution in [1.29, 1.82) is 0 Å². The third-order valence-corrected chi connectivity index (χ3v) is 5.18. The minimum atomic E-state index is -0.675. The van der Waals surface area contributed by atoms with Gasteiger partial charge in [0, 0.05) is 18.6 Å². The van der Waals surface area contributed by atoms with Crippen LogP contribution in [0.15, 0.2) is 47.3 Å². The SMILES string of the molecule is Cc1nc2cc(OCc3ccccc3)cc(N)c2c(=O)n1C1CCC(=O)CC1=O. The van der Waals surface area contributed by atoms with E-state index in [0.29, 0.717) is 30.1 Å². The third kappa shape index (κ3) is 3.63. The van der Waals surface area contributed by atoms with E-state index >= 15 is 0 Å². The number of fused-ring (bicyclic) bond motifs is 1. The van der Waals surface area contributed by atoms with Gasteiger partial charge in [0.05, 0.1) is 29.1 Å². The number of ether oxygens (including phenoxy) is 1. The number of hydrogen-bond donors (Lipinski definition) is 1. The molecule has 2 aromatic carbocycles. The van der Waals surface area contributed by atoms with Crippen molar-refractivity contribution in [3.63, 3.8) is 0 Å². The standard InChI is InChI=1S/C22H21N3O4/c1-13-24-18-11-16(29-12-14-5-3-2-4-6-14)10-17(23)21(18)22(28)25(13)19-8-7-15(26)9-20(19)27/h2-6,10-11,19H,7-9,12,23H2,1H3. The van der Waals surface area contributed by atoms with Crippen molar-refractivity contribution in [2.75, 3.05) is 5.73 Å². The molecule has 1 aliphatic carbocycles.